The number of amides is 1. The smallest absolute Gasteiger partial charge is 0.404 e. The van der Waals surface area contributed by atoms with Crippen molar-refractivity contribution in [2.24, 2.45) is 5.73 Å². The molecule has 1 rings (SSSR count). The van der Waals surface area contributed by atoms with Crippen LogP contribution in [0.5, 0.6) is 0 Å². The third kappa shape index (κ3) is 5.89. The molecule has 3 N–H and O–H groups in total. The van der Waals surface area contributed by atoms with Crippen LogP contribution in [-0.4, -0.2) is 37.1 Å². The molecule has 0 radical (unpaired) electrons. The third-order valence-corrected chi connectivity index (χ3v) is 2.16. The molecule has 0 aliphatic carbocycles. The monoisotopic (exact) mass is 239 g/mol. The van der Waals surface area contributed by atoms with Crippen LogP contribution >= 0.6 is 0 Å². The molecule has 5 heteroatoms. The summed E-state index contributed by atoms with van der Waals surface area (Å²) < 4.78 is 10.1. The van der Waals surface area contributed by atoms with Crippen molar-refractivity contribution in [1.82, 2.24) is 0 Å². The Bertz CT molecular complexity index is 329. The first-order valence-corrected chi connectivity index (χ1v) is 5.41. The third-order valence-electron chi connectivity index (χ3n) is 2.16. The van der Waals surface area contributed by atoms with Gasteiger partial charge in [-0.05, 0) is 5.56 Å². The maximum absolute atomic E-state index is 10.5. The van der Waals surface area contributed by atoms with Crippen molar-refractivity contribution in [3.05, 3.63) is 35.9 Å². The molecule has 0 aliphatic rings. The minimum Gasteiger partial charge on any atom is -0.447 e. The van der Waals surface area contributed by atoms with Crippen molar-refractivity contribution >= 4 is 6.09 Å². The number of hydrogen-bond donors (Lipinski definition) is 2. The molecule has 1 unspecified atom stereocenters. The van der Waals surface area contributed by atoms with Gasteiger partial charge in [-0.25, -0.2) is 4.79 Å². The van der Waals surface area contributed by atoms with E-state index < -0.39 is 6.09 Å². The van der Waals surface area contributed by atoms with Gasteiger partial charge in [0.15, 0.2) is 0 Å². The van der Waals surface area contributed by atoms with E-state index in [1.54, 1.807) is 0 Å². The van der Waals surface area contributed by atoms with Gasteiger partial charge >= 0.3 is 6.09 Å². The predicted octanol–water partition coefficient (Wildman–Crippen LogP) is 0.702. The molecule has 0 aliphatic heterocycles. The summed E-state index contributed by atoms with van der Waals surface area (Å²) in [4.78, 5) is 10.5. The molecule has 0 bridgehead atoms. The lowest BCUT2D eigenvalue weighted by molar-refractivity contribution is -0.00707. The van der Waals surface area contributed by atoms with Crippen LogP contribution < -0.4 is 5.73 Å². The zero-order valence-electron chi connectivity index (χ0n) is 9.54. The average molecular weight is 239 g/mol. The molecule has 1 atom stereocenters. The van der Waals surface area contributed by atoms with Gasteiger partial charge in [0.25, 0.3) is 0 Å². The molecule has 0 fully saturated rings. The van der Waals surface area contributed by atoms with Crippen molar-refractivity contribution < 1.29 is 19.4 Å². The van der Waals surface area contributed by atoms with E-state index in [1.165, 1.54) is 0 Å². The van der Waals surface area contributed by atoms with E-state index in [0.29, 0.717) is 6.42 Å². The Morgan fingerprint density at radius 2 is 2.06 bits per heavy atom. The maximum Gasteiger partial charge on any atom is 0.404 e. The van der Waals surface area contributed by atoms with Gasteiger partial charge in [-0.1, -0.05) is 30.3 Å². The fourth-order valence-corrected chi connectivity index (χ4v) is 1.44. The Morgan fingerprint density at radius 1 is 1.35 bits per heavy atom. The van der Waals surface area contributed by atoms with Gasteiger partial charge < -0.3 is 20.3 Å². The van der Waals surface area contributed by atoms with Crippen molar-refractivity contribution in [2.45, 2.75) is 12.5 Å². The summed E-state index contributed by atoms with van der Waals surface area (Å²) in [6, 6.07) is 9.69. The minimum absolute atomic E-state index is 0.0676. The van der Waals surface area contributed by atoms with Gasteiger partial charge in [-0.2, -0.15) is 0 Å². The summed E-state index contributed by atoms with van der Waals surface area (Å²) in [7, 11) is 0. The van der Waals surface area contributed by atoms with Crippen molar-refractivity contribution in [3.8, 4) is 0 Å². The van der Waals surface area contributed by atoms with E-state index in [2.05, 4.69) is 0 Å². The predicted molar refractivity (Wildman–Crippen MR) is 62.5 cm³/mol. The molecule has 0 aromatic heterocycles. The molecule has 1 aromatic rings. The van der Waals surface area contributed by atoms with Crippen LogP contribution in [0.15, 0.2) is 30.3 Å². The number of primary amides is 1. The van der Waals surface area contributed by atoms with Gasteiger partial charge in [0, 0.05) is 6.42 Å². The largest absolute Gasteiger partial charge is 0.447 e. The molecule has 0 saturated heterocycles. The van der Waals surface area contributed by atoms with Crippen LogP contribution in [0.4, 0.5) is 4.79 Å². The van der Waals surface area contributed by atoms with Crippen LogP contribution in [0.2, 0.25) is 0 Å². The highest BCUT2D eigenvalue weighted by molar-refractivity contribution is 5.64. The molecule has 0 saturated carbocycles. The Labute approximate surface area is 100 Å². The average Bonchev–Trinajstić information content (AvgIpc) is 2.34. The van der Waals surface area contributed by atoms with Crippen molar-refractivity contribution in [1.29, 1.82) is 0 Å². The van der Waals surface area contributed by atoms with Gasteiger partial charge in [0.2, 0.25) is 0 Å². The second-order valence-corrected chi connectivity index (χ2v) is 3.54. The van der Waals surface area contributed by atoms with Crippen LogP contribution in [-0.2, 0) is 15.9 Å². The van der Waals surface area contributed by atoms with Crippen LogP contribution in [0.25, 0.3) is 0 Å². The van der Waals surface area contributed by atoms with E-state index in [9.17, 15) is 4.79 Å². The molecule has 1 amide bonds. The SMILES string of the molecule is NC(=O)OCC(Cc1ccccc1)OCCO. The molecule has 17 heavy (non-hydrogen) atoms. The number of hydrogen-bond acceptors (Lipinski definition) is 4. The second-order valence-electron chi connectivity index (χ2n) is 3.54. The maximum atomic E-state index is 10.5. The summed E-state index contributed by atoms with van der Waals surface area (Å²) in [5.41, 5.74) is 5.97. The molecule has 94 valence electrons. The summed E-state index contributed by atoms with van der Waals surface area (Å²) in [6.45, 7) is 0.228. The lowest BCUT2D eigenvalue weighted by Gasteiger charge is -2.16. The molecule has 0 spiro atoms. The van der Waals surface area contributed by atoms with Gasteiger partial charge in [-0.3, -0.25) is 0 Å². The van der Waals surface area contributed by atoms with E-state index in [0.717, 1.165) is 5.56 Å². The molecule has 1 aromatic carbocycles. The van der Waals surface area contributed by atoms with Crippen molar-refractivity contribution in [3.63, 3.8) is 0 Å². The lowest BCUT2D eigenvalue weighted by Crippen LogP contribution is -2.27. The van der Waals surface area contributed by atoms with E-state index in [1.807, 2.05) is 30.3 Å². The lowest BCUT2D eigenvalue weighted by atomic mass is 10.1. The first kappa shape index (κ1) is 13.5. The molecule has 5 nitrogen and oxygen atoms in total. The fraction of sp³-hybridized carbons (Fsp3) is 0.417. The highest BCUT2D eigenvalue weighted by atomic mass is 16.6. The van der Waals surface area contributed by atoms with Crippen LogP contribution in [0, 0.1) is 0 Å². The van der Waals surface area contributed by atoms with Crippen LogP contribution in [0.1, 0.15) is 5.56 Å². The highest BCUT2D eigenvalue weighted by Crippen LogP contribution is 2.06. The minimum atomic E-state index is -0.823. The Kier molecular flexibility index (Phi) is 6.06. The first-order valence-electron chi connectivity index (χ1n) is 5.41. The summed E-state index contributed by atoms with van der Waals surface area (Å²) in [6.07, 6.45) is -0.513. The first-order chi connectivity index (χ1) is 8.22. The number of ether oxygens (including phenoxy) is 2. The fourth-order valence-electron chi connectivity index (χ4n) is 1.44. The quantitative estimate of drug-likeness (QED) is 0.734. The highest BCUT2D eigenvalue weighted by Gasteiger charge is 2.12. The topological polar surface area (TPSA) is 81.8 Å². The zero-order chi connectivity index (χ0) is 12.5. The number of rotatable bonds is 7. The standard InChI is InChI=1S/C12H17NO4/c13-12(15)17-9-11(16-7-6-14)8-10-4-2-1-3-5-10/h1-5,11,14H,6-9H2,(H2,13,15). The van der Waals surface area contributed by atoms with E-state index in [4.69, 9.17) is 20.3 Å². The number of aliphatic hydroxyl groups is 1. The second kappa shape index (κ2) is 7.65. The number of carbonyl (C=O) groups is 1. The van der Waals surface area contributed by atoms with E-state index in [-0.39, 0.29) is 25.9 Å². The zero-order valence-corrected chi connectivity index (χ0v) is 9.54. The number of aliphatic hydroxyl groups excluding tert-OH is 1. The summed E-state index contributed by atoms with van der Waals surface area (Å²) in [5, 5.41) is 8.70. The summed E-state index contributed by atoms with van der Waals surface area (Å²) in [5.74, 6) is 0. The van der Waals surface area contributed by atoms with Gasteiger partial charge in [0.05, 0.1) is 19.3 Å². The Balaban J connectivity index is 2.47. The van der Waals surface area contributed by atoms with Crippen molar-refractivity contribution in [2.75, 3.05) is 19.8 Å². The van der Waals surface area contributed by atoms with E-state index >= 15 is 0 Å². The van der Waals surface area contributed by atoms with Gasteiger partial charge in [-0.15, -0.1) is 0 Å². The molecule has 0 heterocycles. The summed E-state index contributed by atoms with van der Waals surface area (Å²) >= 11 is 0. The Hall–Kier alpha value is -1.59. The Morgan fingerprint density at radius 3 is 2.65 bits per heavy atom. The molecular weight excluding hydrogens is 222 g/mol. The van der Waals surface area contributed by atoms with Crippen LogP contribution in [0.3, 0.4) is 0 Å². The molecular formula is C12H17NO4. The number of benzene rings is 1. The normalized spacial score (nSPS) is 12.1. The number of nitrogens with two attached hydrogens (primary N) is 1. The number of carbonyl (C=O) groups excluding carboxylic acids is 1. The van der Waals surface area contributed by atoms with Gasteiger partial charge in [0.1, 0.15) is 6.61 Å².